The first kappa shape index (κ1) is 39.3. The summed E-state index contributed by atoms with van der Waals surface area (Å²) >= 11 is 1.84. The molecule has 300 valence electrons. The second-order valence-corrected chi connectivity index (χ2v) is 18.8. The number of nitrogens with one attached hydrogen (secondary N) is 2. The minimum absolute atomic E-state index is 0.143. The highest BCUT2D eigenvalue weighted by molar-refractivity contribution is 7.12. The van der Waals surface area contributed by atoms with Gasteiger partial charge in [-0.2, -0.15) is 0 Å². The fraction of sp³-hybridized carbons (Fsp3) is 0.477. The Labute approximate surface area is 339 Å². The maximum atomic E-state index is 13.8. The number of nitrogens with zero attached hydrogens (tertiary/aromatic N) is 3. The van der Waals surface area contributed by atoms with E-state index in [1.807, 2.05) is 31.4 Å². The van der Waals surface area contributed by atoms with Gasteiger partial charge in [-0.3, -0.25) is 9.36 Å². The summed E-state index contributed by atoms with van der Waals surface area (Å²) in [5, 5.41) is 3.81. The van der Waals surface area contributed by atoms with Gasteiger partial charge in [-0.15, -0.1) is 11.3 Å². The highest BCUT2D eigenvalue weighted by Gasteiger charge is 2.52. The van der Waals surface area contributed by atoms with E-state index in [-0.39, 0.29) is 30.0 Å². The lowest BCUT2D eigenvalue weighted by Crippen LogP contribution is -2.51. The number of likely N-dealkylation sites (N-methyl/N-ethyl adjacent to an activating group) is 1. The van der Waals surface area contributed by atoms with Crippen molar-refractivity contribution in [3.8, 4) is 28.3 Å². The smallest absolute Gasteiger partial charge is 0.464 e. The molecule has 1 saturated heterocycles. The van der Waals surface area contributed by atoms with Crippen LogP contribution >= 0.6 is 11.3 Å². The molecule has 3 aliphatic rings. The molecule has 0 spiro atoms. The van der Waals surface area contributed by atoms with Crippen LogP contribution in [0.15, 0.2) is 60.8 Å². The van der Waals surface area contributed by atoms with E-state index in [9.17, 15) is 9.59 Å². The first-order valence-corrected chi connectivity index (χ1v) is 20.9. The third kappa shape index (κ3) is 7.27. The van der Waals surface area contributed by atoms with Crippen molar-refractivity contribution in [1.82, 2.24) is 24.8 Å². The number of aromatic amines is 1. The lowest BCUT2D eigenvalue weighted by Gasteiger charge is -2.32. The molecule has 2 fully saturated rings. The zero-order valence-corrected chi connectivity index (χ0v) is 35.5. The molecule has 2 N–H and O–H groups in total. The summed E-state index contributed by atoms with van der Waals surface area (Å²) in [5.74, 6) is 2.04. The monoisotopic (exact) mass is 791 g/mol. The number of imidazole rings is 1. The maximum Gasteiger partial charge on any atom is 0.494 e. The van der Waals surface area contributed by atoms with E-state index >= 15 is 0 Å². The van der Waals surface area contributed by atoms with Gasteiger partial charge >= 0.3 is 13.2 Å². The summed E-state index contributed by atoms with van der Waals surface area (Å²) in [7, 11) is 2.61. The van der Waals surface area contributed by atoms with Crippen LogP contribution in [0, 0.1) is 11.8 Å². The average Bonchev–Trinajstić information content (AvgIpc) is 3.47. The van der Waals surface area contributed by atoms with Gasteiger partial charge in [-0.25, -0.2) is 9.78 Å². The van der Waals surface area contributed by atoms with Crippen molar-refractivity contribution < 1.29 is 28.4 Å². The zero-order chi connectivity index (χ0) is 40.6. The van der Waals surface area contributed by atoms with Gasteiger partial charge in [0.2, 0.25) is 12.1 Å². The van der Waals surface area contributed by atoms with Gasteiger partial charge in [-0.05, 0) is 107 Å². The zero-order valence-electron chi connectivity index (χ0n) is 34.6. The van der Waals surface area contributed by atoms with E-state index in [2.05, 4.69) is 111 Å². The predicted molar refractivity (Wildman–Crippen MR) is 225 cm³/mol. The van der Waals surface area contributed by atoms with Gasteiger partial charge in [0.15, 0.2) is 0 Å². The molecule has 8 rings (SSSR count). The van der Waals surface area contributed by atoms with Crippen molar-refractivity contribution in [3.63, 3.8) is 0 Å². The number of H-pyrrole nitrogens is 1. The molecule has 11 nitrogen and oxygen atoms in total. The van der Waals surface area contributed by atoms with Gasteiger partial charge in [0, 0.05) is 28.4 Å². The summed E-state index contributed by atoms with van der Waals surface area (Å²) < 4.78 is 27.0. The van der Waals surface area contributed by atoms with Crippen molar-refractivity contribution in [2.75, 3.05) is 14.2 Å². The molecule has 0 radical (unpaired) electrons. The van der Waals surface area contributed by atoms with E-state index in [1.54, 1.807) is 11.9 Å². The Hall–Kier alpha value is -4.59. The largest absolute Gasteiger partial charge is 0.494 e. The quantitative estimate of drug-likeness (QED) is 0.128. The number of carbonyl (C=O) groups is 2. The number of methoxy groups -OCH3 is 1. The van der Waals surface area contributed by atoms with Gasteiger partial charge < -0.3 is 34.0 Å². The third-order valence-corrected chi connectivity index (χ3v) is 13.4. The van der Waals surface area contributed by atoms with E-state index in [0.29, 0.717) is 18.2 Å². The van der Waals surface area contributed by atoms with Crippen molar-refractivity contribution in [3.05, 3.63) is 76.4 Å². The van der Waals surface area contributed by atoms with Crippen molar-refractivity contribution >= 4 is 46.8 Å². The molecule has 1 saturated carbocycles. The van der Waals surface area contributed by atoms with Crippen LogP contribution in [0.25, 0.3) is 33.4 Å². The molecular formula is C44H54BN5O6S. The number of hydrogen-bond donors (Lipinski definition) is 2. The van der Waals surface area contributed by atoms with Crippen LogP contribution in [0.1, 0.15) is 108 Å². The molecule has 3 atom stereocenters. The number of aromatic nitrogens is 3. The summed E-state index contributed by atoms with van der Waals surface area (Å²) in [5.41, 5.74) is 5.04. The molecule has 3 aromatic heterocycles. The third-order valence-electron chi connectivity index (χ3n) is 12.1. The standard InChI is InChI=1S/C44H54BN5O6S/c1-24(2)19-34(49(9)40(51)38(25(3)4)48-42(52)53-10)39-46-23-31(47-39)27-13-15-30-33-21-28-20-29(45-55-43(5,6)44(7,8)56-45)14-16-32(28)50(33)41(54-35(30)22-27)37-18-17-36(57-37)26-11-12-26/h13-18,20-26,34,38,41H,11-12,19H2,1-10H3,(H,46,47)(H,48,52)/t34-,38-,41?/m0/s1. The van der Waals surface area contributed by atoms with E-state index in [1.165, 1.54) is 24.8 Å². The predicted octanol–water partition coefficient (Wildman–Crippen LogP) is 8.80. The minimum Gasteiger partial charge on any atom is -0.464 e. The molecular weight excluding hydrogens is 737 g/mol. The first-order chi connectivity index (χ1) is 27.0. The van der Waals surface area contributed by atoms with Crippen LogP contribution in [0.5, 0.6) is 5.75 Å². The second kappa shape index (κ2) is 14.7. The normalized spacial score (nSPS) is 19.3. The molecule has 0 bridgehead atoms. The number of rotatable bonds is 11. The first-order valence-electron chi connectivity index (χ1n) is 20.1. The van der Waals surface area contributed by atoms with Gasteiger partial charge in [0.1, 0.15) is 17.6 Å². The fourth-order valence-corrected chi connectivity index (χ4v) is 9.11. The van der Waals surface area contributed by atoms with Crippen LogP contribution in [0.3, 0.4) is 0 Å². The Bertz CT molecular complexity index is 2310. The number of amides is 2. The topological polar surface area (TPSA) is 120 Å². The average molecular weight is 792 g/mol. The van der Waals surface area contributed by atoms with Crippen molar-refractivity contribution in [2.24, 2.45) is 11.8 Å². The van der Waals surface area contributed by atoms with E-state index in [0.717, 1.165) is 49.5 Å². The van der Waals surface area contributed by atoms with E-state index < -0.39 is 30.5 Å². The number of fused-ring (bicyclic) bond motifs is 5. The maximum absolute atomic E-state index is 13.8. The summed E-state index contributed by atoms with van der Waals surface area (Å²) in [4.78, 5) is 38.6. The highest BCUT2D eigenvalue weighted by Crippen LogP contribution is 2.49. The van der Waals surface area contributed by atoms with Crippen LogP contribution in [0.2, 0.25) is 0 Å². The van der Waals surface area contributed by atoms with Crippen LogP contribution in [-0.4, -0.2) is 70.0 Å². The van der Waals surface area contributed by atoms with Gasteiger partial charge in [0.25, 0.3) is 0 Å². The van der Waals surface area contributed by atoms with E-state index in [4.69, 9.17) is 23.8 Å². The van der Waals surface area contributed by atoms with Crippen LogP contribution < -0.4 is 15.5 Å². The minimum atomic E-state index is -0.744. The summed E-state index contributed by atoms with van der Waals surface area (Å²) in [6.45, 7) is 16.4. The summed E-state index contributed by atoms with van der Waals surface area (Å²) in [6, 6.07) is 18.4. The molecule has 2 aliphatic heterocycles. The molecule has 5 heterocycles. The summed E-state index contributed by atoms with van der Waals surface area (Å²) in [6.07, 6.45) is 4.01. The number of thiophene rings is 1. The number of alkyl carbamates (subject to hydrolysis) is 1. The molecule has 2 aromatic carbocycles. The number of hydrogen-bond acceptors (Lipinski definition) is 8. The van der Waals surface area contributed by atoms with Gasteiger partial charge in [0.05, 0.1) is 52.3 Å². The molecule has 1 unspecified atom stereocenters. The fourth-order valence-electron chi connectivity index (χ4n) is 7.91. The molecule has 2 amide bonds. The Morgan fingerprint density at radius 3 is 2.40 bits per heavy atom. The molecule has 13 heteroatoms. The van der Waals surface area contributed by atoms with Crippen molar-refractivity contribution in [1.29, 1.82) is 0 Å². The number of carbonyl (C=O) groups excluding carboxylic acids is 2. The SMILES string of the molecule is COC(=O)N[C@H](C(=O)N(C)[C@@H](CC(C)C)c1ncc(-c2ccc3c(c2)OC(c2ccc(C4CC4)s2)n2c-3cc3cc(B4OC(C)(C)C(C)(C)O4)ccc32)[nH]1)C(C)C. The molecule has 1 aliphatic carbocycles. The second-order valence-electron chi connectivity index (χ2n) is 17.6. The Kier molecular flexibility index (Phi) is 10.1. The van der Waals surface area contributed by atoms with Gasteiger partial charge in [-0.1, -0.05) is 45.9 Å². The lowest BCUT2D eigenvalue weighted by atomic mass is 9.78. The number of benzene rings is 2. The lowest BCUT2D eigenvalue weighted by molar-refractivity contribution is -0.135. The number of ether oxygens (including phenoxy) is 2. The Morgan fingerprint density at radius 1 is 1.02 bits per heavy atom. The Morgan fingerprint density at radius 2 is 1.74 bits per heavy atom. The Balaban J connectivity index is 1.14. The highest BCUT2D eigenvalue weighted by atomic mass is 32.1. The molecule has 5 aromatic rings. The van der Waals surface area contributed by atoms with Crippen LogP contribution in [-0.2, 0) is 18.8 Å². The molecule has 57 heavy (non-hydrogen) atoms. The van der Waals surface area contributed by atoms with Crippen LogP contribution in [0.4, 0.5) is 4.79 Å². The van der Waals surface area contributed by atoms with Crippen molar-refractivity contribution in [2.45, 2.75) is 110 Å².